The van der Waals surface area contributed by atoms with Gasteiger partial charge in [-0.15, -0.1) is 9.94 Å². The lowest BCUT2D eigenvalue weighted by molar-refractivity contribution is 0.223. The van der Waals surface area contributed by atoms with Gasteiger partial charge in [0, 0.05) is 23.8 Å². The highest BCUT2D eigenvalue weighted by Crippen LogP contribution is 2.35. The van der Waals surface area contributed by atoms with Crippen molar-refractivity contribution in [3.8, 4) is 0 Å². The molecular formula is C16H23FN4OSi. The molecule has 1 aromatic carbocycles. The molecule has 7 heteroatoms. The number of aromatic amines is 1. The first-order valence-electron chi connectivity index (χ1n) is 7.46. The quantitative estimate of drug-likeness (QED) is 0.720. The van der Waals surface area contributed by atoms with E-state index < -0.39 is 8.32 Å². The molecule has 0 unspecified atom stereocenters. The van der Waals surface area contributed by atoms with E-state index >= 15 is 0 Å². The van der Waals surface area contributed by atoms with Crippen molar-refractivity contribution in [2.75, 3.05) is 0 Å². The van der Waals surface area contributed by atoms with Gasteiger partial charge in [-0.1, -0.05) is 20.8 Å². The average Bonchev–Trinajstić information content (AvgIpc) is 3.11. The highest BCUT2D eigenvalue weighted by Gasteiger charge is 2.40. The summed E-state index contributed by atoms with van der Waals surface area (Å²) >= 11 is 0. The highest BCUT2D eigenvalue weighted by atomic mass is 28.4. The SMILES string of the molecule is CC(C)(C)[Si](C)(C)On1ncc2ccc(F)cc21.c1c[nH]cn1. The molecule has 0 radical (unpaired) electrons. The number of H-pyrrole nitrogens is 1. The van der Waals surface area contributed by atoms with Crippen LogP contribution in [0.4, 0.5) is 4.39 Å². The van der Waals surface area contributed by atoms with E-state index in [4.69, 9.17) is 4.53 Å². The molecule has 0 amide bonds. The average molecular weight is 334 g/mol. The molecule has 124 valence electrons. The van der Waals surface area contributed by atoms with Crippen LogP contribution in [0.25, 0.3) is 10.9 Å². The number of benzene rings is 1. The van der Waals surface area contributed by atoms with Crippen LogP contribution in [0.3, 0.4) is 0 Å². The minimum atomic E-state index is -1.97. The molecule has 0 saturated carbocycles. The number of nitrogens with zero attached hydrogens (tertiary/aromatic N) is 3. The van der Waals surface area contributed by atoms with Crippen molar-refractivity contribution in [1.82, 2.24) is 19.9 Å². The molecule has 0 aliphatic heterocycles. The second-order valence-electron chi connectivity index (χ2n) is 6.83. The van der Waals surface area contributed by atoms with Crippen molar-refractivity contribution in [2.45, 2.75) is 38.9 Å². The number of aromatic nitrogens is 4. The first-order chi connectivity index (χ1) is 10.7. The van der Waals surface area contributed by atoms with Crippen LogP contribution in [-0.4, -0.2) is 28.2 Å². The molecule has 0 aliphatic rings. The van der Waals surface area contributed by atoms with E-state index in [1.807, 2.05) is 0 Å². The lowest BCUT2D eigenvalue weighted by Gasteiger charge is -2.35. The predicted molar refractivity (Wildman–Crippen MR) is 92.1 cm³/mol. The molecular weight excluding hydrogens is 311 g/mol. The first-order valence-corrected chi connectivity index (χ1v) is 10.4. The van der Waals surface area contributed by atoms with Crippen LogP contribution < -0.4 is 4.53 Å². The summed E-state index contributed by atoms with van der Waals surface area (Å²) in [5.41, 5.74) is 0.680. The third kappa shape index (κ3) is 4.19. The molecule has 0 aliphatic carbocycles. The van der Waals surface area contributed by atoms with E-state index in [0.717, 1.165) is 5.39 Å². The topological polar surface area (TPSA) is 55.7 Å². The largest absolute Gasteiger partial charge is 0.455 e. The van der Waals surface area contributed by atoms with E-state index in [1.54, 1.807) is 31.0 Å². The fraction of sp³-hybridized carbons (Fsp3) is 0.375. The van der Waals surface area contributed by atoms with E-state index in [-0.39, 0.29) is 10.9 Å². The molecule has 0 spiro atoms. The maximum atomic E-state index is 13.3. The zero-order valence-electron chi connectivity index (χ0n) is 14.2. The normalized spacial score (nSPS) is 11.9. The monoisotopic (exact) mass is 334 g/mol. The Morgan fingerprint density at radius 2 is 2.00 bits per heavy atom. The molecule has 5 nitrogen and oxygen atoms in total. The fourth-order valence-corrected chi connectivity index (χ4v) is 2.46. The number of halogens is 1. The van der Waals surface area contributed by atoms with Gasteiger partial charge in [0.15, 0.2) is 0 Å². The summed E-state index contributed by atoms with van der Waals surface area (Å²) in [4.78, 5) is 7.88. The number of hydrogen-bond acceptors (Lipinski definition) is 3. The fourth-order valence-electron chi connectivity index (χ4n) is 1.61. The number of imidazole rings is 1. The summed E-state index contributed by atoms with van der Waals surface area (Å²) < 4.78 is 19.3. The Bertz CT molecular complexity index is 730. The molecule has 2 aromatic heterocycles. The number of hydrogen-bond donors (Lipinski definition) is 1. The molecule has 23 heavy (non-hydrogen) atoms. The van der Waals surface area contributed by atoms with Crippen LogP contribution in [0.5, 0.6) is 0 Å². The zero-order valence-corrected chi connectivity index (χ0v) is 15.2. The summed E-state index contributed by atoms with van der Waals surface area (Å²) in [6.45, 7) is 10.8. The van der Waals surface area contributed by atoms with Crippen LogP contribution in [0.15, 0.2) is 43.1 Å². The second-order valence-corrected chi connectivity index (χ2v) is 11.5. The Balaban J connectivity index is 0.000000326. The Labute approximate surface area is 136 Å². The maximum absolute atomic E-state index is 13.3. The molecule has 0 saturated heterocycles. The van der Waals surface area contributed by atoms with Crippen molar-refractivity contribution < 1.29 is 8.92 Å². The summed E-state index contributed by atoms with van der Waals surface area (Å²) in [5, 5.41) is 5.16. The lowest BCUT2D eigenvalue weighted by Crippen LogP contribution is -2.48. The van der Waals surface area contributed by atoms with Crippen molar-refractivity contribution >= 4 is 19.2 Å². The molecule has 3 aromatic rings. The zero-order chi connectivity index (χ0) is 17.1. The van der Waals surface area contributed by atoms with Gasteiger partial charge in [-0.3, -0.25) is 0 Å². The van der Waals surface area contributed by atoms with E-state index in [2.05, 4.69) is 48.9 Å². The van der Waals surface area contributed by atoms with Crippen LogP contribution in [0.2, 0.25) is 18.1 Å². The molecule has 0 fully saturated rings. The predicted octanol–water partition coefficient (Wildman–Crippen LogP) is 4.02. The smallest absolute Gasteiger partial charge is 0.286 e. The van der Waals surface area contributed by atoms with E-state index in [0.29, 0.717) is 5.52 Å². The van der Waals surface area contributed by atoms with Crippen molar-refractivity contribution in [1.29, 1.82) is 0 Å². The second kappa shape index (κ2) is 6.53. The summed E-state index contributed by atoms with van der Waals surface area (Å²) in [6, 6.07) is 4.60. The molecule has 0 atom stereocenters. The molecule has 1 N–H and O–H groups in total. The van der Waals surface area contributed by atoms with E-state index in [9.17, 15) is 4.39 Å². The van der Waals surface area contributed by atoms with Crippen molar-refractivity contribution in [2.24, 2.45) is 0 Å². The molecule has 3 rings (SSSR count). The van der Waals surface area contributed by atoms with Crippen molar-refractivity contribution in [3.05, 3.63) is 48.9 Å². The van der Waals surface area contributed by atoms with Crippen LogP contribution in [0, 0.1) is 5.82 Å². The lowest BCUT2D eigenvalue weighted by atomic mass is 10.2. The third-order valence-corrected chi connectivity index (χ3v) is 8.27. The minimum Gasteiger partial charge on any atom is -0.455 e. The van der Waals surface area contributed by atoms with Gasteiger partial charge in [0.1, 0.15) is 11.3 Å². The number of rotatable bonds is 2. The van der Waals surface area contributed by atoms with Gasteiger partial charge in [0.05, 0.1) is 12.5 Å². The number of fused-ring (bicyclic) bond motifs is 1. The van der Waals surface area contributed by atoms with Gasteiger partial charge in [0.2, 0.25) is 0 Å². The highest BCUT2D eigenvalue weighted by molar-refractivity contribution is 6.74. The Morgan fingerprint density at radius 3 is 2.52 bits per heavy atom. The van der Waals surface area contributed by atoms with Crippen LogP contribution in [-0.2, 0) is 0 Å². The van der Waals surface area contributed by atoms with Gasteiger partial charge in [0.25, 0.3) is 8.32 Å². The number of nitrogens with one attached hydrogen (secondary N) is 1. The van der Waals surface area contributed by atoms with Gasteiger partial charge < -0.3 is 9.51 Å². The first kappa shape index (κ1) is 17.2. The standard InChI is InChI=1S/C13H19FN2OSi.C3H4N2/c1-13(2,3)18(4,5)17-16-12-8-11(14)7-6-10(12)9-15-16;1-2-5-3-4-1/h6-9H,1-5H3;1-3H,(H,4,5). The Hall–Kier alpha value is -2.15. The minimum absolute atomic E-state index is 0.0819. The van der Waals surface area contributed by atoms with Gasteiger partial charge in [-0.2, -0.15) is 0 Å². The molecule has 2 heterocycles. The van der Waals surface area contributed by atoms with Gasteiger partial charge in [-0.25, -0.2) is 9.37 Å². The maximum Gasteiger partial charge on any atom is 0.286 e. The van der Waals surface area contributed by atoms with E-state index in [1.165, 1.54) is 17.0 Å². The summed E-state index contributed by atoms with van der Waals surface area (Å²) in [7, 11) is -1.97. The van der Waals surface area contributed by atoms with Gasteiger partial charge >= 0.3 is 0 Å². The van der Waals surface area contributed by atoms with Crippen LogP contribution >= 0.6 is 0 Å². The summed E-state index contributed by atoms with van der Waals surface area (Å²) in [6.07, 6.45) is 6.78. The van der Waals surface area contributed by atoms with Crippen LogP contribution in [0.1, 0.15) is 20.8 Å². The summed E-state index contributed by atoms with van der Waals surface area (Å²) in [5.74, 6) is -0.275. The third-order valence-electron chi connectivity index (χ3n) is 4.03. The molecule has 0 bridgehead atoms. The van der Waals surface area contributed by atoms with Crippen molar-refractivity contribution in [3.63, 3.8) is 0 Å². The Kier molecular flexibility index (Phi) is 4.89. The van der Waals surface area contributed by atoms with Gasteiger partial charge in [-0.05, 0) is 30.3 Å². The Morgan fingerprint density at radius 1 is 1.26 bits per heavy atom.